The summed E-state index contributed by atoms with van der Waals surface area (Å²) in [7, 11) is 0. The first kappa shape index (κ1) is 20.0. The van der Waals surface area contributed by atoms with E-state index < -0.39 is 5.25 Å². The Morgan fingerprint density at radius 2 is 1.90 bits per heavy atom. The van der Waals surface area contributed by atoms with Gasteiger partial charge in [0, 0.05) is 5.69 Å². The molecule has 0 bridgehead atoms. The fourth-order valence-electron chi connectivity index (χ4n) is 2.91. The zero-order chi connectivity index (χ0) is 20.9. The molecule has 1 N–H and O–H groups in total. The summed E-state index contributed by atoms with van der Waals surface area (Å²) < 4.78 is 11.3. The number of aromatic nitrogens is 2. The molecule has 0 unspecified atom stereocenters. The summed E-state index contributed by atoms with van der Waals surface area (Å²) in [5.41, 5.74) is 1.87. The number of carbonyl (C=O) groups excluding carboxylic acids is 1. The Morgan fingerprint density at radius 3 is 2.73 bits per heavy atom. The monoisotopic (exact) mass is 419 g/mol. The number of thioether (sulfide) groups is 1. The van der Waals surface area contributed by atoms with Crippen LogP contribution in [0.15, 0.2) is 76.4 Å². The molecule has 4 rings (SSSR count). The van der Waals surface area contributed by atoms with E-state index in [9.17, 15) is 4.79 Å². The van der Waals surface area contributed by atoms with Crippen molar-refractivity contribution >= 4 is 34.1 Å². The maximum absolute atomic E-state index is 12.6. The first-order valence-electron chi connectivity index (χ1n) is 9.55. The summed E-state index contributed by atoms with van der Waals surface area (Å²) in [6, 6.07) is 21.6. The number of aryl methyl sites for hydroxylation is 1. The maximum Gasteiger partial charge on any atom is 0.277 e. The highest BCUT2D eigenvalue weighted by Crippen LogP contribution is 2.25. The summed E-state index contributed by atoms with van der Waals surface area (Å²) in [6.45, 7) is 3.97. The van der Waals surface area contributed by atoms with Gasteiger partial charge in [-0.25, -0.2) is 0 Å². The number of anilines is 1. The number of amides is 1. The lowest BCUT2D eigenvalue weighted by molar-refractivity contribution is -0.115. The van der Waals surface area contributed by atoms with Crippen LogP contribution in [-0.2, 0) is 11.4 Å². The maximum atomic E-state index is 12.6. The van der Waals surface area contributed by atoms with Crippen molar-refractivity contribution in [3.63, 3.8) is 0 Å². The van der Waals surface area contributed by atoms with E-state index in [1.807, 2.05) is 73.7 Å². The number of hydrogen-bond acceptors (Lipinski definition) is 6. The van der Waals surface area contributed by atoms with Crippen molar-refractivity contribution in [3.8, 4) is 5.75 Å². The Morgan fingerprint density at radius 1 is 1.07 bits per heavy atom. The summed E-state index contributed by atoms with van der Waals surface area (Å²) in [6.07, 6.45) is 0. The minimum absolute atomic E-state index is 0.133. The van der Waals surface area contributed by atoms with Gasteiger partial charge in [-0.2, -0.15) is 0 Å². The zero-order valence-corrected chi connectivity index (χ0v) is 17.5. The second-order valence-corrected chi connectivity index (χ2v) is 8.17. The van der Waals surface area contributed by atoms with Crippen LogP contribution in [0.4, 0.5) is 5.69 Å². The molecule has 6 nitrogen and oxygen atoms in total. The molecule has 0 aliphatic heterocycles. The van der Waals surface area contributed by atoms with Gasteiger partial charge in [0.2, 0.25) is 5.91 Å². The van der Waals surface area contributed by atoms with Gasteiger partial charge in [0.25, 0.3) is 11.1 Å². The van der Waals surface area contributed by atoms with Crippen molar-refractivity contribution in [1.29, 1.82) is 0 Å². The number of benzene rings is 3. The average molecular weight is 420 g/mol. The predicted octanol–water partition coefficient (Wildman–Crippen LogP) is 5.23. The number of hydrogen-bond donors (Lipinski definition) is 1. The lowest BCUT2D eigenvalue weighted by Crippen LogP contribution is -2.22. The molecular formula is C23H21N3O3S. The summed E-state index contributed by atoms with van der Waals surface area (Å²) >= 11 is 1.21. The van der Waals surface area contributed by atoms with Crippen LogP contribution in [0.5, 0.6) is 5.75 Å². The second kappa shape index (κ2) is 9.00. The number of ether oxygens (including phenoxy) is 1. The van der Waals surface area contributed by atoms with Crippen LogP contribution in [0, 0.1) is 6.92 Å². The van der Waals surface area contributed by atoms with Crippen molar-refractivity contribution in [2.45, 2.75) is 30.9 Å². The SMILES string of the molecule is Cc1cccc(OCc2nnc(S[C@@H](C)C(=O)Nc3ccc4ccccc4c3)o2)c1. The summed E-state index contributed by atoms with van der Waals surface area (Å²) in [5, 5.41) is 13.1. The molecule has 0 saturated carbocycles. The highest BCUT2D eigenvalue weighted by molar-refractivity contribution is 8.00. The van der Waals surface area contributed by atoms with Gasteiger partial charge in [0.15, 0.2) is 6.61 Å². The van der Waals surface area contributed by atoms with E-state index in [2.05, 4.69) is 15.5 Å². The highest BCUT2D eigenvalue weighted by atomic mass is 32.2. The third kappa shape index (κ3) is 4.99. The molecule has 1 amide bonds. The Balaban J connectivity index is 1.32. The van der Waals surface area contributed by atoms with Crippen LogP contribution in [0.25, 0.3) is 10.8 Å². The van der Waals surface area contributed by atoms with Crippen molar-refractivity contribution in [1.82, 2.24) is 10.2 Å². The van der Waals surface area contributed by atoms with Crippen LogP contribution < -0.4 is 10.1 Å². The van der Waals surface area contributed by atoms with Crippen LogP contribution in [0.2, 0.25) is 0 Å². The van der Waals surface area contributed by atoms with E-state index in [0.717, 1.165) is 27.8 Å². The molecule has 0 radical (unpaired) electrons. The molecule has 3 aromatic carbocycles. The molecular weight excluding hydrogens is 398 g/mol. The Labute approximate surface area is 178 Å². The van der Waals surface area contributed by atoms with E-state index in [1.165, 1.54) is 11.8 Å². The molecule has 30 heavy (non-hydrogen) atoms. The van der Waals surface area contributed by atoms with Crippen LogP contribution in [0.1, 0.15) is 18.4 Å². The highest BCUT2D eigenvalue weighted by Gasteiger charge is 2.19. The molecule has 0 spiro atoms. The Bertz CT molecular complexity index is 1180. The van der Waals surface area contributed by atoms with Crippen molar-refractivity contribution in [2.75, 3.05) is 5.32 Å². The summed E-state index contributed by atoms with van der Waals surface area (Å²) in [5.74, 6) is 0.970. The van der Waals surface area contributed by atoms with E-state index >= 15 is 0 Å². The second-order valence-electron chi connectivity index (χ2n) is 6.88. The molecule has 0 aliphatic carbocycles. The van der Waals surface area contributed by atoms with Gasteiger partial charge in [0.05, 0.1) is 5.25 Å². The fourth-order valence-corrected chi connectivity index (χ4v) is 3.61. The zero-order valence-electron chi connectivity index (χ0n) is 16.7. The van der Waals surface area contributed by atoms with Crippen LogP contribution in [0.3, 0.4) is 0 Å². The molecule has 1 heterocycles. The molecule has 152 valence electrons. The molecule has 0 saturated heterocycles. The average Bonchev–Trinajstić information content (AvgIpc) is 3.19. The van der Waals surface area contributed by atoms with Crippen molar-refractivity contribution in [2.24, 2.45) is 0 Å². The van der Waals surface area contributed by atoms with Crippen LogP contribution in [-0.4, -0.2) is 21.4 Å². The first-order chi connectivity index (χ1) is 14.6. The van der Waals surface area contributed by atoms with Gasteiger partial charge < -0.3 is 14.5 Å². The molecule has 4 aromatic rings. The smallest absolute Gasteiger partial charge is 0.277 e. The Kier molecular flexibility index (Phi) is 5.99. The standard InChI is InChI=1S/C23H21N3O3S/c1-15-6-5-9-20(12-15)28-14-21-25-26-23(29-21)30-16(2)22(27)24-19-11-10-17-7-3-4-8-18(17)13-19/h3-13,16H,14H2,1-2H3,(H,24,27)/t16-/m0/s1. The topological polar surface area (TPSA) is 77.2 Å². The number of carbonyl (C=O) groups is 1. The van der Waals surface area contributed by atoms with E-state index in [-0.39, 0.29) is 12.5 Å². The Hall–Kier alpha value is -3.32. The van der Waals surface area contributed by atoms with Crippen LogP contribution >= 0.6 is 11.8 Å². The minimum Gasteiger partial charge on any atom is -0.484 e. The van der Waals surface area contributed by atoms with Gasteiger partial charge in [-0.3, -0.25) is 4.79 Å². The third-order valence-corrected chi connectivity index (χ3v) is 5.40. The molecule has 0 aliphatic rings. The number of nitrogens with zero attached hydrogens (tertiary/aromatic N) is 2. The predicted molar refractivity (Wildman–Crippen MR) is 118 cm³/mol. The number of rotatable bonds is 7. The lowest BCUT2D eigenvalue weighted by Gasteiger charge is -2.10. The van der Waals surface area contributed by atoms with Gasteiger partial charge in [-0.1, -0.05) is 54.2 Å². The molecule has 1 atom stereocenters. The number of nitrogens with one attached hydrogen (secondary N) is 1. The number of fused-ring (bicyclic) bond motifs is 1. The quantitative estimate of drug-likeness (QED) is 0.413. The van der Waals surface area contributed by atoms with Gasteiger partial charge >= 0.3 is 0 Å². The van der Waals surface area contributed by atoms with Gasteiger partial charge in [-0.15, -0.1) is 10.2 Å². The van der Waals surface area contributed by atoms with E-state index in [1.54, 1.807) is 6.92 Å². The van der Waals surface area contributed by atoms with Crippen molar-refractivity contribution < 1.29 is 13.9 Å². The van der Waals surface area contributed by atoms with Gasteiger partial charge in [-0.05, 0) is 54.4 Å². The van der Waals surface area contributed by atoms with Crippen molar-refractivity contribution in [3.05, 3.63) is 78.2 Å². The molecule has 1 aromatic heterocycles. The van der Waals surface area contributed by atoms with E-state index in [0.29, 0.717) is 11.1 Å². The van der Waals surface area contributed by atoms with Gasteiger partial charge in [0.1, 0.15) is 5.75 Å². The largest absolute Gasteiger partial charge is 0.484 e. The fraction of sp³-hybridized carbons (Fsp3) is 0.174. The van der Waals surface area contributed by atoms with E-state index in [4.69, 9.17) is 9.15 Å². The normalized spacial score (nSPS) is 11.9. The summed E-state index contributed by atoms with van der Waals surface area (Å²) in [4.78, 5) is 12.6. The first-order valence-corrected chi connectivity index (χ1v) is 10.4. The molecule has 7 heteroatoms. The molecule has 0 fully saturated rings. The minimum atomic E-state index is -0.400. The lowest BCUT2D eigenvalue weighted by atomic mass is 10.1. The third-order valence-electron chi connectivity index (χ3n) is 4.46.